The molecule has 10 heavy (non-hydrogen) atoms. The van der Waals surface area contributed by atoms with Gasteiger partial charge in [0.2, 0.25) is 0 Å². The van der Waals surface area contributed by atoms with Crippen LogP contribution in [0.3, 0.4) is 0 Å². The van der Waals surface area contributed by atoms with E-state index in [1.165, 1.54) is 6.07 Å². The lowest BCUT2D eigenvalue weighted by Gasteiger charge is -1.87. The number of imidazole rings is 1. The minimum absolute atomic E-state index is 0.104. The highest BCUT2D eigenvalue weighted by Crippen LogP contribution is 1.90. The van der Waals surface area contributed by atoms with Gasteiger partial charge in [0.05, 0.1) is 6.20 Å². The van der Waals surface area contributed by atoms with E-state index in [0.29, 0.717) is 5.65 Å². The molecule has 0 aliphatic carbocycles. The summed E-state index contributed by atoms with van der Waals surface area (Å²) in [5.74, 6) is 0. The molecule has 0 aromatic carbocycles. The SMILES string of the molecule is O=c1ccn2cncc2[nH]1. The van der Waals surface area contributed by atoms with Crippen molar-refractivity contribution in [2.24, 2.45) is 0 Å². The molecular weight excluding hydrogens is 130 g/mol. The Balaban J connectivity index is 2.99. The van der Waals surface area contributed by atoms with E-state index in [4.69, 9.17) is 0 Å². The normalized spacial score (nSPS) is 10.4. The zero-order valence-corrected chi connectivity index (χ0v) is 5.11. The summed E-state index contributed by atoms with van der Waals surface area (Å²) in [6.07, 6.45) is 4.90. The minimum Gasteiger partial charge on any atom is -0.307 e. The fraction of sp³-hybridized carbons (Fsp3) is 0. The van der Waals surface area contributed by atoms with Crippen molar-refractivity contribution < 1.29 is 0 Å². The third-order valence-electron chi connectivity index (χ3n) is 1.30. The van der Waals surface area contributed by atoms with Crippen LogP contribution in [0.4, 0.5) is 0 Å². The van der Waals surface area contributed by atoms with E-state index in [2.05, 4.69) is 9.97 Å². The largest absolute Gasteiger partial charge is 0.307 e. The molecule has 0 atom stereocenters. The molecule has 1 N–H and O–H groups in total. The first-order valence-electron chi connectivity index (χ1n) is 2.87. The van der Waals surface area contributed by atoms with E-state index in [-0.39, 0.29) is 5.56 Å². The molecule has 4 heteroatoms. The molecule has 0 fully saturated rings. The molecular formula is C6H5N3O. The molecule has 0 amide bonds. The van der Waals surface area contributed by atoms with Gasteiger partial charge in [-0.05, 0) is 0 Å². The molecule has 0 saturated carbocycles. The smallest absolute Gasteiger partial charge is 0.251 e. The number of aromatic amines is 1. The maximum atomic E-state index is 10.7. The number of nitrogens with one attached hydrogen (secondary N) is 1. The first kappa shape index (κ1) is 5.22. The van der Waals surface area contributed by atoms with Crippen LogP contribution in [0.2, 0.25) is 0 Å². The van der Waals surface area contributed by atoms with Gasteiger partial charge in [0.25, 0.3) is 5.56 Å². The Morgan fingerprint density at radius 2 is 2.50 bits per heavy atom. The van der Waals surface area contributed by atoms with Crippen molar-refractivity contribution in [1.82, 2.24) is 14.4 Å². The van der Waals surface area contributed by atoms with Crippen molar-refractivity contribution in [1.29, 1.82) is 0 Å². The standard InChI is InChI=1S/C6H5N3O/c10-6-1-2-9-4-7-3-5(9)8-6/h1-4H,(H,8,10). The second kappa shape index (κ2) is 1.70. The van der Waals surface area contributed by atoms with Gasteiger partial charge in [-0.25, -0.2) is 4.98 Å². The number of hydrogen-bond acceptors (Lipinski definition) is 2. The van der Waals surface area contributed by atoms with Gasteiger partial charge in [0.1, 0.15) is 12.0 Å². The Morgan fingerprint density at radius 1 is 1.60 bits per heavy atom. The fourth-order valence-corrected chi connectivity index (χ4v) is 0.836. The maximum Gasteiger partial charge on any atom is 0.251 e. The van der Waals surface area contributed by atoms with Crippen molar-refractivity contribution >= 4 is 5.65 Å². The van der Waals surface area contributed by atoms with Gasteiger partial charge >= 0.3 is 0 Å². The molecule has 0 unspecified atom stereocenters. The van der Waals surface area contributed by atoms with Crippen LogP contribution in [0, 0.1) is 0 Å². The van der Waals surface area contributed by atoms with Crippen LogP contribution in [0.5, 0.6) is 0 Å². The number of fused-ring (bicyclic) bond motifs is 1. The summed E-state index contributed by atoms with van der Waals surface area (Å²) >= 11 is 0. The van der Waals surface area contributed by atoms with Gasteiger partial charge < -0.3 is 4.98 Å². The second-order valence-electron chi connectivity index (χ2n) is 1.99. The highest BCUT2D eigenvalue weighted by molar-refractivity contribution is 5.33. The van der Waals surface area contributed by atoms with Crippen LogP contribution < -0.4 is 5.56 Å². The number of rotatable bonds is 0. The van der Waals surface area contributed by atoms with Gasteiger partial charge in [-0.3, -0.25) is 9.20 Å². The van der Waals surface area contributed by atoms with Crippen LogP contribution in [0.15, 0.2) is 29.6 Å². The zero-order valence-electron chi connectivity index (χ0n) is 5.11. The molecule has 2 aromatic heterocycles. The first-order chi connectivity index (χ1) is 4.86. The Labute approximate surface area is 56.2 Å². The summed E-state index contributed by atoms with van der Waals surface area (Å²) in [4.78, 5) is 17.1. The summed E-state index contributed by atoms with van der Waals surface area (Å²) in [6.45, 7) is 0. The average Bonchev–Trinajstić information content (AvgIpc) is 2.33. The Hall–Kier alpha value is -1.58. The van der Waals surface area contributed by atoms with Crippen molar-refractivity contribution in [3.63, 3.8) is 0 Å². The average molecular weight is 135 g/mol. The Morgan fingerprint density at radius 3 is 3.40 bits per heavy atom. The molecule has 2 heterocycles. The third kappa shape index (κ3) is 0.621. The first-order valence-corrected chi connectivity index (χ1v) is 2.87. The summed E-state index contributed by atoms with van der Waals surface area (Å²) in [5, 5.41) is 0. The molecule has 2 rings (SSSR count). The zero-order chi connectivity index (χ0) is 6.97. The highest BCUT2D eigenvalue weighted by atomic mass is 16.1. The molecule has 0 bridgehead atoms. The Bertz CT molecular complexity index is 400. The van der Waals surface area contributed by atoms with Crippen molar-refractivity contribution in [2.75, 3.05) is 0 Å². The Kier molecular flexibility index (Phi) is 0.887. The minimum atomic E-state index is -0.104. The maximum absolute atomic E-state index is 10.7. The summed E-state index contributed by atoms with van der Waals surface area (Å²) in [6, 6.07) is 1.45. The molecule has 0 aliphatic heterocycles. The van der Waals surface area contributed by atoms with E-state index in [0.717, 1.165) is 0 Å². The van der Waals surface area contributed by atoms with E-state index in [1.807, 2.05) is 0 Å². The summed E-state index contributed by atoms with van der Waals surface area (Å²) in [7, 11) is 0. The van der Waals surface area contributed by atoms with Crippen LogP contribution >= 0.6 is 0 Å². The van der Waals surface area contributed by atoms with E-state index in [1.54, 1.807) is 23.1 Å². The van der Waals surface area contributed by atoms with Gasteiger partial charge in [-0.2, -0.15) is 0 Å². The molecule has 2 aromatic rings. The van der Waals surface area contributed by atoms with E-state index in [9.17, 15) is 4.79 Å². The lowest BCUT2D eigenvalue weighted by molar-refractivity contribution is 1.09. The molecule has 0 aliphatic rings. The number of nitrogens with zero attached hydrogens (tertiary/aromatic N) is 2. The third-order valence-corrected chi connectivity index (χ3v) is 1.30. The molecule has 0 spiro atoms. The van der Waals surface area contributed by atoms with E-state index >= 15 is 0 Å². The second-order valence-corrected chi connectivity index (χ2v) is 1.99. The van der Waals surface area contributed by atoms with Gasteiger partial charge in [-0.1, -0.05) is 0 Å². The summed E-state index contributed by atoms with van der Waals surface area (Å²) < 4.78 is 1.74. The van der Waals surface area contributed by atoms with Crippen LogP contribution in [-0.2, 0) is 0 Å². The quantitative estimate of drug-likeness (QED) is 0.553. The predicted octanol–water partition coefficient (Wildman–Crippen LogP) is 0.0226. The van der Waals surface area contributed by atoms with Crippen LogP contribution in [0.25, 0.3) is 5.65 Å². The van der Waals surface area contributed by atoms with Gasteiger partial charge in [0, 0.05) is 12.3 Å². The van der Waals surface area contributed by atoms with Gasteiger partial charge in [-0.15, -0.1) is 0 Å². The summed E-state index contributed by atoms with van der Waals surface area (Å²) in [5.41, 5.74) is 0.612. The number of hydrogen-bond donors (Lipinski definition) is 1. The highest BCUT2D eigenvalue weighted by Gasteiger charge is 1.89. The van der Waals surface area contributed by atoms with Crippen LogP contribution in [-0.4, -0.2) is 14.4 Å². The van der Waals surface area contributed by atoms with Gasteiger partial charge in [0.15, 0.2) is 0 Å². The van der Waals surface area contributed by atoms with E-state index < -0.39 is 0 Å². The fourth-order valence-electron chi connectivity index (χ4n) is 0.836. The number of aromatic nitrogens is 3. The van der Waals surface area contributed by atoms with Crippen molar-refractivity contribution in [2.45, 2.75) is 0 Å². The lowest BCUT2D eigenvalue weighted by Crippen LogP contribution is -2.04. The lowest BCUT2D eigenvalue weighted by atomic mass is 10.6. The monoisotopic (exact) mass is 135 g/mol. The molecule has 4 nitrogen and oxygen atoms in total. The molecule has 0 saturated heterocycles. The van der Waals surface area contributed by atoms with Crippen molar-refractivity contribution in [3.8, 4) is 0 Å². The number of H-pyrrole nitrogens is 1. The molecule has 0 radical (unpaired) electrons. The molecule has 50 valence electrons. The topological polar surface area (TPSA) is 50.2 Å². The predicted molar refractivity (Wildman–Crippen MR) is 35.8 cm³/mol. The van der Waals surface area contributed by atoms with Crippen molar-refractivity contribution in [3.05, 3.63) is 35.1 Å². The van der Waals surface area contributed by atoms with Crippen LogP contribution in [0.1, 0.15) is 0 Å².